The highest BCUT2D eigenvalue weighted by atomic mass is 16.1. The lowest BCUT2D eigenvalue weighted by atomic mass is 10.1. The van der Waals surface area contributed by atoms with Gasteiger partial charge in [0.1, 0.15) is 0 Å². The van der Waals surface area contributed by atoms with Crippen molar-refractivity contribution in [1.82, 2.24) is 0 Å². The van der Waals surface area contributed by atoms with E-state index in [1.807, 2.05) is 31.2 Å². The van der Waals surface area contributed by atoms with Gasteiger partial charge in [0.2, 0.25) is 5.91 Å². The molecular weight excluding hydrogens is 272 g/mol. The van der Waals surface area contributed by atoms with Crippen molar-refractivity contribution in [3.63, 3.8) is 0 Å². The molecule has 2 N–H and O–H groups in total. The van der Waals surface area contributed by atoms with E-state index in [2.05, 4.69) is 42.7 Å². The van der Waals surface area contributed by atoms with Gasteiger partial charge in [-0.05, 0) is 43.5 Å². The van der Waals surface area contributed by atoms with Crippen LogP contribution in [0.25, 0.3) is 0 Å². The van der Waals surface area contributed by atoms with Gasteiger partial charge in [0.25, 0.3) is 0 Å². The second kappa shape index (κ2) is 7.64. The zero-order valence-electron chi connectivity index (χ0n) is 13.6. The van der Waals surface area contributed by atoms with Crippen molar-refractivity contribution in [2.24, 2.45) is 0 Å². The highest BCUT2D eigenvalue weighted by molar-refractivity contribution is 5.91. The maximum atomic E-state index is 12.0. The summed E-state index contributed by atoms with van der Waals surface area (Å²) in [4.78, 5) is 12.0. The van der Waals surface area contributed by atoms with E-state index < -0.39 is 0 Å². The molecule has 0 radical (unpaired) electrons. The molecule has 3 nitrogen and oxygen atoms in total. The van der Waals surface area contributed by atoms with Gasteiger partial charge in [-0.3, -0.25) is 4.79 Å². The number of aryl methyl sites for hydroxylation is 3. The molecule has 0 saturated heterocycles. The van der Waals surface area contributed by atoms with Gasteiger partial charge in [0, 0.05) is 24.3 Å². The molecule has 0 saturated carbocycles. The number of amides is 1. The number of carbonyl (C=O) groups is 1. The zero-order chi connectivity index (χ0) is 15.9. The molecule has 0 heterocycles. The van der Waals surface area contributed by atoms with Crippen LogP contribution in [0.4, 0.5) is 11.4 Å². The van der Waals surface area contributed by atoms with E-state index in [1.165, 1.54) is 16.7 Å². The molecule has 0 atom stereocenters. The zero-order valence-corrected chi connectivity index (χ0v) is 13.6. The van der Waals surface area contributed by atoms with Crippen LogP contribution in [0.2, 0.25) is 0 Å². The van der Waals surface area contributed by atoms with Gasteiger partial charge in [-0.25, -0.2) is 0 Å². The summed E-state index contributed by atoms with van der Waals surface area (Å²) in [6, 6.07) is 14.1. The van der Waals surface area contributed by atoms with E-state index in [1.54, 1.807) is 0 Å². The Kier molecular flexibility index (Phi) is 5.59. The summed E-state index contributed by atoms with van der Waals surface area (Å²) >= 11 is 0. The van der Waals surface area contributed by atoms with Gasteiger partial charge in [-0.15, -0.1) is 0 Å². The Balaban J connectivity index is 1.86. The average molecular weight is 296 g/mol. The van der Waals surface area contributed by atoms with Crippen molar-refractivity contribution in [1.29, 1.82) is 0 Å². The average Bonchev–Trinajstić information content (AvgIpc) is 2.51. The third-order valence-corrected chi connectivity index (χ3v) is 3.73. The Labute approximate surface area is 132 Å². The van der Waals surface area contributed by atoms with Gasteiger partial charge < -0.3 is 10.6 Å². The number of nitrogens with one attached hydrogen (secondary N) is 2. The fourth-order valence-corrected chi connectivity index (χ4v) is 2.44. The lowest BCUT2D eigenvalue weighted by molar-refractivity contribution is -0.115. The number of anilines is 2. The second-order valence-corrected chi connectivity index (χ2v) is 5.55. The monoisotopic (exact) mass is 296 g/mol. The van der Waals surface area contributed by atoms with Crippen LogP contribution in [0.1, 0.15) is 30.0 Å². The normalized spacial score (nSPS) is 10.3. The molecule has 3 heteroatoms. The predicted molar refractivity (Wildman–Crippen MR) is 93.5 cm³/mol. The molecule has 2 rings (SSSR count). The Hall–Kier alpha value is -2.29. The summed E-state index contributed by atoms with van der Waals surface area (Å²) in [6.45, 7) is 6.90. The molecule has 0 aromatic heterocycles. The van der Waals surface area contributed by atoms with E-state index in [0.29, 0.717) is 13.0 Å². The molecule has 2 aromatic rings. The van der Waals surface area contributed by atoms with E-state index in [4.69, 9.17) is 0 Å². The lowest BCUT2D eigenvalue weighted by Gasteiger charge is -2.14. The van der Waals surface area contributed by atoms with Crippen molar-refractivity contribution in [3.05, 3.63) is 59.2 Å². The van der Waals surface area contributed by atoms with Crippen molar-refractivity contribution in [3.8, 4) is 0 Å². The first-order valence-electron chi connectivity index (χ1n) is 7.79. The third-order valence-electron chi connectivity index (χ3n) is 3.73. The summed E-state index contributed by atoms with van der Waals surface area (Å²) in [5.74, 6) is 0.0305. The molecule has 22 heavy (non-hydrogen) atoms. The SMILES string of the molecule is CCc1cccc(C)c1NCCC(=O)Nc1ccc(C)cc1. The fraction of sp³-hybridized carbons (Fsp3) is 0.316. The second-order valence-electron chi connectivity index (χ2n) is 5.55. The highest BCUT2D eigenvalue weighted by Crippen LogP contribution is 2.20. The molecular formula is C19H24N2O. The summed E-state index contributed by atoms with van der Waals surface area (Å²) in [7, 11) is 0. The van der Waals surface area contributed by atoms with Crippen molar-refractivity contribution in [2.45, 2.75) is 33.6 Å². The maximum Gasteiger partial charge on any atom is 0.226 e. The molecule has 0 aliphatic carbocycles. The molecule has 0 bridgehead atoms. The van der Waals surface area contributed by atoms with Crippen LogP contribution in [-0.2, 0) is 11.2 Å². The molecule has 0 spiro atoms. The number of rotatable bonds is 6. The largest absolute Gasteiger partial charge is 0.384 e. The summed E-state index contributed by atoms with van der Waals surface area (Å²) in [5.41, 5.74) is 5.71. The van der Waals surface area contributed by atoms with Gasteiger partial charge in [-0.2, -0.15) is 0 Å². The van der Waals surface area contributed by atoms with Gasteiger partial charge in [0.05, 0.1) is 0 Å². The topological polar surface area (TPSA) is 41.1 Å². The summed E-state index contributed by atoms with van der Waals surface area (Å²) in [5, 5.41) is 6.32. The van der Waals surface area contributed by atoms with Crippen molar-refractivity contribution < 1.29 is 4.79 Å². The van der Waals surface area contributed by atoms with Gasteiger partial charge in [-0.1, -0.05) is 42.8 Å². The van der Waals surface area contributed by atoms with Crippen molar-refractivity contribution >= 4 is 17.3 Å². The number of hydrogen-bond donors (Lipinski definition) is 2. The molecule has 2 aromatic carbocycles. The van der Waals surface area contributed by atoms with E-state index in [0.717, 1.165) is 17.8 Å². The Morgan fingerprint density at radius 2 is 1.77 bits per heavy atom. The molecule has 0 fully saturated rings. The Morgan fingerprint density at radius 3 is 2.45 bits per heavy atom. The lowest BCUT2D eigenvalue weighted by Crippen LogP contribution is -2.17. The molecule has 0 aliphatic rings. The first-order chi connectivity index (χ1) is 10.6. The first kappa shape index (κ1) is 16.1. The minimum absolute atomic E-state index is 0.0305. The minimum atomic E-state index is 0.0305. The third kappa shape index (κ3) is 4.35. The molecule has 116 valence electrons. The van der Waals surface area contributed by atoms with Crippen LogP contribution >= 0.6 is 0 Å². The standard InChI is InChI=1S/C19H24N2O/c1-4-16-7-5-6-15(3)19(16)20-13-12-18(22)21-17-10-8-14(2)9-11-17/h5-11,20H,4,12-13H2,1-3H3,(H,21,22). The molecule has 0 unspecified atom stereocenters. The number of para-hydroxylation sites is 1. The van der Waals surface area contributed by atoms with Crippen LogP contribution < -0.4 is 10.6 Å². The maximum absolute atomic E-state index is 12.0. The van der Waals surface area contributed by atoms with Crippen LogP contribution in [0.5, 0.6) is 0 Å². The number of hydrogen-bond acceptors (Lipinski definition) is 2. The van der Waals surface area contributed by atoms with E-state index >= 15 is 0 Å². The van der Waals surface area contributed by atoms with Crippen LogP contribution in [0.3, 0.4) is 0 Å². The number of benzene rings is 2. The van der Waals surface area contributed by atoms with E-state index in [-0.39, 0.29) is 5.91 Å². The summed E-state index contributed by atoms with van der Waals surface area (Å²) in [6.07, 6.45) is 1.44. The quantitative estimate of drug-likeness (QED) is 0.834. The Bertz CT molecular complexity index is 632. The van der Waals surface area contributed by atoms with Crippen LogP contribution in [0.15, 0.2) is 42.5 Å². The summed E-state index contributed by atoms with van der Waals surface area (Å²) < 4.78 is 0. The van der Waals surface area contributed by atoms with E-state index in [9.17, 15) is 4.79 Å². The minimum Gasteiger partial charge on any atom is -0.384 e. The van der Waals surface area contributed by atoms with Crippen molar-refractivity contribution in [2.75, 3.05) is 17.2 Å². The van der Waals surface area contributed by atoms with Crippen LogP contribution in [0, 0.1) is 13.8 Å². The van der Waals surface area contributed by atoms with Gasteiger partial charge >= 0.3 is 0 Å². The smallest absolute Gasteiger partial charge is 0.226 e. The first-order valence-corrected chi connectivity index (χ1v) is 7.79. The van der Waals surface area contributed by atoms with Gasteiger partial charge in [0.15, 0.2) is 0 Å². The predicted octanol–water partition coefficient (Wildman–Crippen LogP) is 4.31. The fourth-order valence-electron chi connectivity index (χ4n) is 2.44. The molecule has 0 aliphatic heterocycles. The highest BCUT2D eigenvalue weighted by Gasteiger charge is 2.06. The Morgan fingerprint density at radius 1 is 1.05 bits per heavy atom. The molecule has 1 amide bonds. The van der Waals surface area contributed by atoms with Crippen LogP contribution in [-0.4, -0.2) is 12.5 Å². The number of carbonyl (C=O) groups excluding carboxylic acids is 1.